The molecule has 0 aliphatic carbocycles. The molecule has 0 aromatic rings. The third kappa shape index (κ3) is 36.7. The molecule has 0 aliphatic rings. The first-order chi connectivity index (χ1) is 26.5. The van der Waals surface area contributed by atoms with Gasteiger partial charge in [0.2, 0.25) is 5.91 Å². The van der Waals surface area contributed by atoms with Crippen LogP contribution in [-0.2, 0) is 4.79 Å². The summed E-state index contributed by atoms with van der Waals surface area (Å²) in [7, 11) is 0. The minimum atomic E-state index is -1.27. The van der Waals surface area contributed by atoms with Crippen molar-refractivity contribution >= 4 is 5.91 Å². The van der Waals surface area contributed by atoms with E-state index in [1.807, 2.05) is 0 Å². The minimum Gasteiger partial charge on any atom is -0.394 e. The van der Waals surface area contributed by atoms with Gasteiger partial charge in [-0.25, -0.2) is 0 Å². The zero-order chi connectivity index (χ0) is 39.6. The van der Waals surface area contributed by atoms with Gasteiger partial charge in [0.05, 0.1) is 18.8 Å². The Morgan fingerprint density at radius 2 is 0.759 bits per heavy atom. The number of aliphatic hydroxyl groups excluding tert-OH is 4. The Hall–Kier alpha value is -0.950. The number of nitrogens with one attached hydrogen (secondary N) is 1. The molecule has 1 amide bonds. The fraction of sp³-hybridized carbons (Fsp3) is 0.938. The van der Waals surface area contributed by atoms with Gasteiger partial charge < -0.3 is 25.7 Å². The van der Waals surface area contributed by atoms with Gasteiger partial charge in [-0.2, -0.15) is 0 Å². The van der Waals surface area contributed by atoms with E-state index in [1.54, 1.807) is 0 Å². The Morgan fingerprint density at radius 3 is 1.11 bits per heavy atom. The zero-order valence-electron chi connectivity index (χ0n) is 36.2. The molecule has 6 nitrogen and oxygen atoms in total. The molecule has 0 rings (SSSR count). The van der Waals surface area contributed by atoms with Crippen molar-refractivity contribution in [2.75, 3.05) is 6.61 Å². The molecule has 0 aromatic heterocycles. The molecule has 0 fully saturated rings. The summed E-state index contributed by atoms with van der Waals surface area (Å²) in [6, 6.07) is -0.995. The SMILES string of the molecule is CCCCC/C=C/CCCC(O)C(O)C(CO)NC(=O)C(O)CCCCCCCCCCCCCCCCCCCCCCCCCCCCCCCC. The number of carbonyl (C=O) groups excluding carboxylic acids is 1. The fourth-order valence-corrected chi connectivity index (χ4v) is 7.64. The summed E-state index contributed by atoms with van der Waals surface area (Å²) in [4.78, 5) is 12.5. The van der Waals surface area contributed by atoms with Crippen LogP contribution in [0.2, 0.25) is 0 Å². The van der Waals surface area contributed by atoms with Crippen LogP contribution in [0.3, 0.4) is 0 Å². The maximum atomic E-state index is 12.5. The number of amides is 1. The summed E-state index contributed by atoms with van der Waals surface area (Å²) >= 11 is 0. The van der Waals surface area contributed by atoms with E-state index in [2.05, 4.69) is 31.3 Å². The fourth-order valence-electron chi connectivity index (χ4n) is 7.64. The molecule has 0 bridgehead atoms. The van der Waals surface area contributed by atoms with Crippen molar-refractivity contribution < 1.29 is 25.2 Å². The summed E-state index contributed by atoms with van der Waals surface area (Å²) in [5.74, 6) is -0.592. The Bertz CT molecular complexity index is 776. The number of unbranched alkanes of at least 4 members (excludes halogenated alkanes) is 33. The second-order valence-electron chi connectivity index (χ2n) is 16.8. The molecule has 4 atom stereocenters. The predicted octanol–water partition coefficient (Wildman–Crippen LogP) is 13.0. The second kappa shape index (κ2) is 43.2. The zero-order valence-corrected chi connectivity index (χ0v) is 36.2. The van der Waals surface area contributed by atoms with Crippen LogP contribution in [0.25, 0.3) is 0 Å². The van der Waals surface area contributed by atoms with Crippen LogP contribution in [0.1, 0.15) is 258 Å². The Balaban J connectivity index is 3.51. The van der Waals surface area contributed by atoms with Gasteiger partial charge in [0.15, 0.2) is 0 Å². The standard InChI is InChI=1S/C48H95NO5/c1-3-5-7-9-11-13-14-15-16-17-18-19-20-21-22-23-24-25-26-27-28-29-30-31-32-33-34-36-38-40-42-46(52)48(54)49-44(43-50)47(53)45(51)41-39-37-35-12-10-8-6-4-2/h12,35,44-47,50-53H,3-11,13-34,36-43H2,1-2H3,(H,49,54)/b35-12+. The van der Waals surface area contributed by atoms with Crippen molar-refractivity contribution in [2.45, 2.75) is 282 Å². The van der Waals surface area contributed by atoms with E-state index >= 15 is 0 Å². The van der Waals surface area contributed by atoms with Crippen LogP contribution in [0.15, 0.2) is 12.2 Å². The van der Waals surface area contributed by atoms with Gasteiger partial charge >= 0.3 is 0 Å². The van der Waals surface area contributed by atoms with Crippen LogP contribution in [0.4, 0.5) is 0 Å². The van der Waals surface area contributed by atoms with Gasteiger partial charge in [0.1, 0.15) is 12.2 Å². The van der Waals surface area contributed by atoms with E-state index in [9.17, 15) is 25.2 Å². The lowest BCUT2D eigenvalue weighted by molar-refractivity contribution is -0.132. The molecule has 0 aliphatic heterocycles. The van der Waals surface area contributed by atoms with Gasteiger partial charge in [-0.05, 0) is 38.5 Å². The average molecular weight is 766 g/mol. The lowest BCUT2D eigenvalue weighted by Gasteiger charge is -2.27. The number of hydrogen-bond acceptors (Lipinski definition) is 5. The van der Waals surface area contributed by atoms with Gasteiger partial charge in [-0.15, -0.1) is 0 Å². The number of carbonyl (C=O) groups is 1. The number of rotatable bonds is 44. The van der Waals surface area contributed by atoms with Crippen molar-refractivity contribution in [1.82, 2.24) is 5.32 Å². The Labute approximate surface area is 336 Å². The molecule has 322 valence electrons. The quantitative estimate of drug-likeness (QED) is 0.0313. The second-order valence-corrected chi connectivity index (χ2v) is 16.8. The van der Waals surface area contributed by atoms with Crippen molar-refractivity contribution in [3.8, 4) is 0 Å². The maximum Gasteiger partial charge on any atom is 0.249 e. The van der Waals surface area contributed by atoms with E-state index in [-0.39, 0.29) is 0 Å². The molecule has 5 N–H and O–H groups in total. The topological polar surface area (TPSA) is 110 Å². The number of allylic oxidation sites excluding steroid dienone is 2. The number of hydrogen-bond donors (Lipinski definition) is 5. The molecular weight excluding hydrogens is 671 g/mol. The lowest BCUT2D eigenvalue weighted by Crippen LogP contribution is -2.53. The van der Waals surface area contributed by atoms with E-state index in [1.165, 1.54) is 193 Å². The van der Waals surface area contributed by atoms with Crippen LogP contribution in [0, 0.1) is 0 Å². The molecule has 0 heterocycles. The van der Waals surface area contributed by atoms with E-state index < -0.39 is 36.9 Å². The largest absolute Gasteiger partial charge is 0.394 e. The van der Waals surface area contributed by atoms with E-state index in [0.717, 1.165) is 38.5 Å². The summed E-state index contributed by atoms with van der Waals surface area (Å²) in [6.07, 6.45) is 48.7. The molecule has 0 spiro atoms. The van der Waals surface area contributed by atoms with Crippen LogP contribution in [0.5, 0.6) is 0 Å². The maximum absolute atomic E-state index is 12.5. The summed E-state index contributed by atoms with van der Waals surface area (Å²) < 4.78 is 0. The first-order valence-corrected chi connectivity index (χ1v) is 24.1. The molecule has 6 heteroatoms. The highest BCUT2D eigenvalue weighted by molar-refractivity contribution is 5.80. The van der Waals surface area contributed by atoms with Crippen LogP contribution >= 0.6 is 0 Å². The summed E-state index contributed by atoms with van der Waals surface area (Å²) in [6.45, 7) is 3.99. The highest BCUT2D eigenvalue weighted by Crippen LogP contribution is 2.17. The normalized spacial score (nSPS) is 14.1. The highest BCUT2D eigenvalue weighted by atomic mass is 16.3. The molecular formula is C48H95NO5. The number of aliphatic hydroxyl groups is 4. The minimum absolute atomic E-state index is 0.368. The van der Waals surface area contributed by atoms with Crippen molar-refractivity contribution in [3.05, 3.63) is 12.2 Å². The monoisotopic (exact) mass is 766 g/mol. The smallest absolute Gasteiger partial charge is 0.249 e. The molecule has 0 saturated heterocycles. The van der Waals surface area contributed by atoms with Gasteiger partial charge in [0.25, 0.3) is 0 Å². The Morgan fingerprint density at radius 1 is 0.444 bits per heavy atom. The third-order valence-corrected chi connectivity index (χ3v) is 11.5. The third-order valence-electron chi connectivity index (χ3n) is 11.5. The van der Waals surface area contributed by atoms with Crippen molar-refractivity contribution in [1.29, 1.82) is 0 Å². The van der Waals surface area contributed by atoms with E-state index in [4.69, 9.17) is 0 Å². The lowest BCUT2D eigenvalue weighted by atomic mass is 10.00. The van der Waals surface area contributed by atoms with E-state index in [0.29, 0.717) is 12.8 Å². The predicted molar refractivity (Wildman–Crippen MR) is 233 cm³/mol. The van der Waals surface area contributed by atoms with Gasteiger partial charge in [0, 0.05) is 0 Å². The average Bonchev–Trinajstić information content (AvgIpc) is 3.18. The summed E-state index contributed by atoms with van der Waals surface area (Å²) in [5, 5.41) is 43.4. The Kier molecular flexibility index (Phi) is 42.4. The molecule has 54 heavy (non-hydrogen) atoms. The first kappa shape index (κ1) is 53.0. The van der Waals surface area contributed by atoms with Crippen molar-refractivity contribution in [3.63, 3.8) is 0 Å². The molecule has 0 radical (unpaired) electrons. The molecule has 4 unspecified atom stereocenters. The van der Waals surface area contributed by atoms with Crippen LogP contribution < -0.4 is 5.32 Å². The summed E-state index contributed by atoms with van der Waals surface area (Å²) in [5.41, 5.74) is 0. The van der Waals surface area contributed by atoms with Crippen LogP contribution in [-0.4, -0.2) is 57.3 Å². The molecule has 0 saturated carbocycles. The van der Waals surface area contributed by atoms with Gasteiger partial charge in [-0.1, -0.05) is 231 Å². The molecule has 0 aromatic carbocycles. The first-order valence-electron chi connectivity index (χ1n) is 24.1. The highest BCUT2D eigenvalue weighted by Gasteiger charge is 2.28. The van der Waals surface area contributed by atoms with Gasteiger partial charge in [-0.3, -0.25) is 4.79 Å². The van der Waals surface area contributed by atoms with Crippen molar-refractivity contribution in [2.24, 2.45) is 0 Å².